The summed E-state index contributed by atoms with van der Waals surface area (Å²) in [7, 11) is -4.76. The van der Waals surface area contributed by atoms with Crippen molar-refractivity contribution in [3.8, 4) is 5.75 Å². The van der Waals surface area contributed by atoms with Gasteiger partial charge in [-0.05, 0) is 24.6 Å². The first kappa shape index (κ1) is 34.2. The first-order valence-corrected chi connectivity index (χ1v) is 12.9. The Morgan fingerprint density at radius 3 is 1.68 bits per heavy atom. The molecule has 6 N–H and O–H groups in total. The molecular weight excluding hydrogens is 562 g/mol. The third-order valence-electron chi connectivity index (χ3n) is 5.28. The van der Waals surface area contributed by atoms with Crippen molar-refractivity contribution < 1.29 is 67.2 Å². The van der Waals surface area contributed by atoms with E-state index in [1.807, 2.05) is 0 Å². The first-order chi connectivity index (χ1) is 18.5. The van der Waals surface area contributed by atoms with Crippen molar-refractivity contribution in [2.75, 3.05) is 59.0 Å². The Kier molecular flexibility index (Phi) is 13.4. The summed E-state index contributed by atoms with van der Waals surface area (Å²) in [5.74, 6) is -7.21. The van der Waals surface area contributed by atoms with Gasteiger partial charge in [-0.15, -0.1) is 0 Å². The standard InChI is InChI=1S/C22H31N3O14S/c1-14-2-3-16(17(6-14)40(36,37)38)39-13-15(25(11-21(32)33)12-22(34)35)7-23(8-18(26)27)4-5-24(9-19(28)29)10-20(30)31/h2-3,6,15H,4-5,7-13H2,1H3,(H,26,27)(H,28,29)(H,30,31)(H,32,33)(H,34,35)(H,36,37,38). The maximum absolute atomic E-state index is 11.8. The summed E-state index contributed by atoms with van der Waals surface area (Å²) >= 11 is 0. The van der Waals surface area contributed by atoms with Crippen molar-refractivity contribution in [3.05, 3.63) is 23.8 Å². The third kappa shape index (κ3) is 13.3. The normalized spacial score (nSPS) is 12.4. The Morgan fingerprint density at radius 2 is 1.23 bits per heavy atom. The monoisotopic (exact) mass is 593 g/mol. The van der Waals surface area contributed by atoms with Crippen LogP contribution in [0.5, 0.6) is 5.75 Å². The molecule has 40 heavy (non-hydrogen) atoms. The molecule has 224 valence electrons. The van der Waals surface area contributed by atoms with E-state index < -0.39 is 90.2 Å². The maximum atomic E-state index is 11.8. The summed E-state index contributed by atoms with van der Waals surface area (Å²) in [6, 6.07) is 2.61. The lowest BCUT2D eigenvalue weighted by Gasteiger charge is -2.34. The highest BCUT2D eigenvalue weighted by atomic mass is 32.2. The van der Waals surface area contributed by atoms with Crippen LogP contribution in [-0.2, 0) is 34.1 Å². The molecule has 0 fully saturated rings. The van der Waals surface area contributed by atoms with Crippen molar-refractivity contribution in [3.63, 3.8) is 0 Å². The maximum Gasteiger partial charge on any atom is 0.317 e. The summed E-state index contributed by atoms with van der Waals surface area (Å²) < 4.78 is 38.8. The van der Waals surface area contributed by atoms with Crippen LogP contribution in [0.3, 0.4) is 0 Å². The van der Waals surface area contributed by atoms with Crippen LogP contribution in [-0.4, -0.2) is 148 Å². The molecule has 0 saturated heterocycles. The van der Waals surface area contributed by atoms with Crippen molar-refractivity contribution in [1.82, 2.24) is 14.7 Å². The molecule has 0 amide bonds. The number of nitrogens with zero attached hydrogens (tertiary/aromatic N) is 3. The average molecular weight is 594 g/mol. The number of aliphatic carboxylic acids is 5. The lowest BCUT2D eigenvalue weighted by atomic mass is 10.2. The van der Waals surface area contributed by atoms with Gasteiger partial charge in [0.1, 0.15) is 17.3 Å². The van der Waals surface area contributed by atoms with Gasteiger partial charge in [0, 0.05) is 19.6 Å². The van der Waals surface area contributed by atoms with E-state index in [0.29, 0.717) is 5.56 Å². The zero-order valence-corrected chi connectivity index (χ0v) is 22.2. The molecule has 1 aromatic carbocycles. The van der Waals surface area contributed by atoms with Crippen molar-refractivity contribution >= 4 is 40.0 Å². The largest absolute Gasteiger partial charge is 0.490 e. The van der Waals surface area contributed by atoms with E-state index in [1.54, 1.807) is 6.92 Å². The molecule has 1 rings (SSSR count). The highest BCUT2D eigenvalue weighted by molar-refractivity contribution is 7.86. The summed E-state index contributed by atoms with van der Waals surface area (Å²) in [6.07, 6.45) is 0. The van der Waals surface area contributed by atoms with Gasteiger partial charge < -0.3 is 30.3 Å². The number of carboxylic acid groups (broad SMARTS) is 5. The predicted molar refractivity (Wildman–Crippen MR) is 133 cm³/mol. The van der Waals surface area contributed by atoms with Gasteiger partial charge in [0.05, 0.1) is 38.8 Å². The zero-order chi connectivity index (χ0) is 30.6. The molecule has 0 bridgehead atoms. The number of rotatable bonds is 20. The van der Waals surface area contributed by atoms with Gasteiger partial charge in [-0.25, -0.2) is 0 Å². The van der Waals surface area contributed by atoms with E-state index in [9.17, 15) is 52.3 Å². The summed E-state index contributed by atoms with van der Waals surface area (Å²) in [4.78, 5) is 59.2. The molecule has 0 spiro atoms. The molecule has 0 aliphatic rings. The molecule has 0 radical (unpaired) electrons. The quantitative estimate of drug-likeness (QED) is 0.0922. The van der Waals surface area contributed by atoms with E-state index in [4.69, 9.17) is 14.9 Å². The van der Waals surface area contributed by atoms with Crippen LogP contribution in [0.15, 0.2) is 23.1 Å². The van der Waals surface area contributed by atoms with Crippen LogP contribution in [0, 0.1) is 6.92 Å². The summed E-state index contributed by atoms with van der Waals surface area (Å²) in [6.45, 7) is -3.52. The van der Waals surface area contributed by atoms with Crippen LogP contribution >= 0.6 is 0 Å². The van der Waals surface area contributed by atoms with Gasteiger partial charge in [-0.2, -0.15) is 8.42 Å². The van der Waals surface area contributed by atoms with E-state index in [-0.39, 0.29) is 25.4 Å². The molecule has 0 aliphatic heterocycles. The van der Waals surface area contributed by atoms with Gasteiger partial charge in [0.15, 0.2) is 0 Å². The van der Waals surface area contributed by atoms with Gasteiger partial charge >= 0.3 is 29.8 Å². The van der Waals surface area contributed by atoms with Crippen LogP contribution in [0.2, 0.25) is 0 Å². The summed E-state index contributed by atoms with van der Waals surface area (Å²) in [5, 5.41) is 46.1. The first-order valence-electron chi connectivity index (χ1n) is 11.5. The zero-order valence-electron chi connectivity index (χ0n) is 21.4. The molecular formula is C22H31N3O14S. The molecule has 0 aliphatic carbocycles. The Labute approximate surface area is 228 Å². The second-order valence-electron chi connectivity index (χ2n) is 8.71. The second kappa shape index (κ2) is 15.7. The topological polar surface area (TPSA) is 260 Å². The highest BCUT2D eigenvalue weighted by Gasteiger charge is 2.28. The van der Waals surface area contributed by atoms with Crippen LogP contribution in [0.25, 0.3) is 0 Å². The average Bonchev–Trinajstić information content (AvgIpc) is 2.77. The number of carbonyl (C=O) groups is 5. The molecule has 18 heteroatoms. The van der Waals surface area contributed by atoms with Crippen molar-refractivity contribution in [1.29, 1.82) is 0 Å². The molecule has 0 aromatic heterocycles. The Morgan fingerprint density at radius 1 is 0.775 bits per heavy atom. The van der Waals surface area contributed by atoms with Gasteiger partial charge in [-0.1, -0.05) is 6.07 Å². The molecule has 1 unspecified atom stereocenters. The number of benzene rings is 1. The number of ether oxygens (including phenoxy) is 1. The molecule has 1 aromatic rings. The third-order valence-corrected chi connectivity index (χ3v) is 6.15. The Bertz CT molecular complexity index is 1160. The lowest BCUT2D eigenvalue weighted by molar-refractivity contribution is -0.144. The minimum absolute atomic E-state index is 0.224. The van der Waals surface area contributed by atoms with Crippen LogP contribution in [0.4, 0.5) is 0 Å². The highest BCUT2D eigenvalue weighted by Crippen LogP contribution is 2.25. The van der Waals surface area contributed by atoms with Gasteiger partial charge in [-0.3, -0.25) is 43.2 Å². The Hall–Kier alpha value is -3.84. The Balaban J connectivity index is 3.34. The fraction of sp³-hybridized carbons (Fsp3) is 0.500. The SMILES string of the molecule is Cc1ccc(OCC(CN(CCN(CC(=O)O)CC(=O)O)CC(=O)O)N(CC(=O)O)CC(=O)O)c(S(=O)(=O)O)c1. The molecule has 0 heterocycles. The van der Waals surface area contributed by atoms with Gasteiger partial charge in [0.25, 0.3) is 10.1 Å². The fourth-order valence-electron chi connectivity index (χ4n) is 3.66. The fourth-order valence-corrected chi connectivity index (χ4v) is 4.38. The van der Waals surface area contributed by atoms with Crippen LogP contribution < -0.4 is 4.74 Å². The summed E-state index contributed by atoms with van der Waals surface area (Å²) in [5.41, 5.74) is 0.454. The molecule has 0 saturated carbocycles. The minimum Gasteiger partial charge on any atom is -0.490 e. The number of aryl methyl sites for hydroxylation is 1. The minimum atomic E-state index is -4.76. The van der Waals surface area contributed by atoms with E-state index >= 15 is 0 Å². The number of hydrogen-bond donors (Lipinski definition) is 6. The lowest BCUT2D eigenvalue weighted by Crippen LogP contribution is -2.52. The number of carboxylic acids is 5. The van der Waals surface area contributed by atoms with Crippen LogP contribution in [0.1, 0.15) is 5.56 Å². The van der Waals surface area contributed by atoms with Crippen molar-refractivity contribution in [2.24, 2.45) is 0 Å². The number of hydrogen-bond acceptors (Lipinski definition) is 11. The van der Waals surface area contributed by atoms with Gasteiger partial charge in [0.2, 0.25) is 0 Å². The van der Waals surface area contributed by atoms with E-state index in [2.05, 4.69) is 0 Å². The van der Waals surface area contributed by atoms with Crippen molar-refractivity contribution in [2.45, 2.75) is 17.9 Å². The van der Waals surface area contributed by atoms with E-state index in [0.717, 1.165) is 15.9 Å². The molecule has 17 nitrogen and oxygen atoms in total. The smallest absolute Gasteiger partial charge is 0.317 e. The predicted octanol–water partition coefficient (Wildman–Crippen LogP) is -1.68. The van der Waals surface area contributed by atoms with E-state index in [1.165, 1.54) is 17.0 Å². The second-order valence-corrected chi connectivity index (χ2v) is 10.1. The molecule has 1 atom stereocenters.